The zero-order chi connectivity index (χ0) is 25.9. The lowest BCUT2D eigenvalue weighted by Crippen LogP contribution is -2.50. The molecule has 7 nitrogen and oxygen atoms in total. The van der Waals surface area contributed by atoms with Crippen LogP contribution in [0.2, 0.25) is 0 Å². The Morgan fingerprint density at radius 1 is 1.00 bits per heavy atom. The predicted molar refractivity (Wildman–Crippen MR) is 129 cm³/mol. The number of rotatable bonds is 5. The molecular formula is C27H31F2N3O4. The van der Waals surface area contributed by atoms with Gasteiger partial charge in [-0.15, -0.1) is 0 Å². The van der Waals surface area contributed by atoms with E-state index in [1.807, 2.05) is 30.3 Å². The molecule has 0 saturated carbocycles. The number of carbonyl (C=O) groups is 3. The van der Waals surface area contributed by atoms with Gasteiger partial charge in [-0.25, -0.2) is 18.4 Å². The highest BCUT2D eigenvalue weighted by atomic mass is 19.1. The smallest absolute Gasteiger partial charge is 0.328 e. The van der Waals surface area contributed by atoms with E-state index in [2.05, 4.69) is 5.32 Å². The number of nitrogens with one attached hydrogen (secondary N) is 1. The second-order valence-electron chi connectivity index (χ2n) is 9.73. The Labute approximate surface area is 209 Å². The Morgan fingerprint density at radius 3 is 2.28 bits per heavy atom. The zero-order valence-corrected chi connectivity index (χ0v) is 20.6. The van der Waals surface area contributed by atoms with Crippen LogP contribution in [0.4, 0.5) is 13.6 Å². The van der Waals surface area contributed by atoms with Gasteiger partial charge in [-0.3, -0.25) is 4.79 Å². The van der Waals surface area contributed by atoms with E-state index >= 15 is 0 Å². The van der Waals surface area contributed by atoms with E-state index < -0.39 is 35.1 Å². The van der Waals surface area contributed by atoms with Crippen molar-refractivity contribution in [1.82, 2.24) is 15.1 Å². The second-order valence-corrected chi connectivity index (χ2v) is 9.73. The van der Waals surface area contributed by atoms with Crippen LogP contribution in [0.15, 0.2) is 42.5 Å². The topological polar surface area (TPSA) is 79.0 Å². The summed E-state index contributed by atoms with van der Waals surface area (Å²) in [6, 6.07) is 10.7. The molecular weight excluding hydrogens is 468 g/mol. The lowest BCUT2D eigenvalue weighted by molar-refractivity contribution is -0.142. The third kappa shape index (κ3) is 5.34. The van der Waals surface area contributed by atoms with Crippen molar-refractivity contribution >= 4 is 17.9 Å². The summed E-state index contributed by atoms with van der Waals surface area (Å²) >= 11 is 0. The molecule has 1 atom stereocenters. The number of hydrogen-bond donors (Lipinski definition) is 1. The van der Waals surface area contributed by atoms with Crippen LogP contribution < -0.4 is 5.32 Å². The highest BCUT2D eigenvalue weighted by Crippen LogP contribution is 2.40. The van der Waals surface area contributed by atoms with E-state index in [-0.39, 0.29) is 17.0 Å². The van der Waals surface area contributed by atoms with Crippen LogP contribution in [-0.2, 0) is 16.0 Å². The van der Waals surface area contributed by atoms with Crippen molar-refractivity contribution in [3.8, 4) is 0 Å². The molecule has 2 fully saturated rings. The molecule has 2 aromatic carbocycles. The van der Waals surface area contributed by atoms with Gasteiger partial charge in [-0.05, 0) is 48.8 Å². The van der Waals surface area contributed by atoms with Crippen LogP contribution in [0.1, 0.15) is 40.7 Å². The summed E-state index contributed by atoms with van der Waals surface area (Å²) < 4.78 is 33.6. The average molecular weight is 500 g/mol. The van der Waals surface area contributed by atoms with Crippen molar-refractivity contribution < 1.29 is 27.9 Å². The van der Waals surface area contributed by atoms with Gasteiger partial charge >= 0.3 is 12.0 Å². The molecule has 2 heterocycles. The fourth-order valence-corrected chi connectivity index (χ4v) is 5.14. The number of methoxy groups -OCH3 is 1. The molecule has 192 valence electrons. The fourth-order valence-electron chi connectivity index (χ4n) is 5.14. The van der Waals surface area contributed by atoms with Crippen molar-refractivity contribution in [3.63, 3.8) is 0 Å². The van der Waals surface area contributed by atoms with Crippen LogP contribution in [0.3, 0.4) is 0 Å². The molecule has 1 spiro atoms. The van der Waals surface area contributed by atoms with E-state index in [1.165, 1.54) is 25.0 Å². The molecule has 9 heteroatoms. The highest BCUT2D eigenvalue weighted by Gasteiger charge is 2.43. The number of piperidine rings is 1. The first-order chi connectivity index (χ1) is 17.2. The number of hydrogen-bond acceptors (Lipinski definition) is 4. The van der Waals surface area contributed by atoms with E-state index in [0.717, 1.165) is 18.1 Å². The summed E-state index contributed by atoms with van der Waals surface area (Å²) in [4.78, 5) is 41.4. The van der Waals surface area contributed by atoms with Gasteiger partial charge in [0.1, 0.15) is 23.2 Å². The minimum absolute atomic E-state index is 0.169. The summed E-state index contributed by atoms with van der Waals surface area (Å²) in [5.74, 6) is -2.83. The number of halogens is 2. The SMILES string of the molecule is COC(=O)C(Cc1ccccc1)NC(=O)N1CCC2(CCN(C(=O)c3c(F)ccc(C)c3F)CC2)C1. The number of likely N-dealkylation sites (tertiary alicyclic amines) is 2. The van der Waals surface area contributed by atoms with Gasteiger partial charge in [0.15, 0.2) is 0 Å². The Bertz CT molecular complexity index is 1130. The van der Waals surface area contributed by atoms with Crippen LogP contribution in [0.25, 0.3) is 0 Å². The van der Waals surface area contributed by atoms with E-state index in [1.54, 1.807) is 4.90 Å². The highest BCUT2D eigenvalue weighted by molar-refractivity contribution is 5.95. The average Bonchev–Trinajstić information content (AvgIpc) is 3.30. The van der Waals surface area contributed by atoms with Crippen LogP contribution in [0.5, 0.6) is 0 Å². The Balaban J connectivity index is 1.36. The molecule has 0 aliphatic carbocycles. The maximum Gasteiger partial charge on any atom is 0.328 e. The van der Waals surface area contributed by atoms with Crippen molar-refractivity contribution in [2.75, 3.05) is 33.3 Å². The second kappa shape index (κ2) is 10.6. The molecule has 2 aromatic rings. The molecule has 3 amide bonds. The Kier molecular flexibility index (Phi) is 7.56. The molecule has 1 unspecified atom stereocenters. The summed E-state index contributed by atoms with van der Waals surface area (Å²) in [7, 11) is 1.29. The summed E-state index contributed by atoms with van der Waals surface area (Å²) in [6.45, 7) is 3.24. The van der Waals surface area contributed by atoms with Gasteiger partial charge in [0.05, 0.1) is 7.11 Å². The number of benzene rings is 2. The monoisotopic (exact) mass is 499 g/mol. The van der Waals surface area contributed by atoms with Crippen molar-refractivity contribution in [2.24, 2.45) is 5.41 Å². The Morgan fingerprint density at radius 2 is 1.64 bits per heavy atom. The van der Waals surface area contributed by atoms with Gasteiger partial charge in [0, 0.05) is 32.6 Å². The van der Waals surface area contributed by atoms with Gasteiger partial charge in [0.25, 0.3) is 5.91 Å². The molecule has 4 rings (SSSR count). The van der Waals surface area contributed by atoms with Gasteiger partial charge < -0.3 is 19.9 Å². The number of aryl methyl sites for hydroxylation is 1. The Hall–Kier alpha value is -3.49. The lowest BCUT2D eigenvalue weighted by Gasteiger charge is -2.39. The normalized spacial score (nSPS) is 17.7. The molecule has 2 saturated heterocycles. The predicted octanol–water partition coefficient (Wildman–Crippen LogP) is 3.70. The minimum Gasteiger partial charge on any atom is -0.467 e. The zero-order valence-electron chi connectivity index (χ0n) is 20.6. The molecule has 2 aliphatic rings. The summed E-state index contributed by atoms with van der Waals surface area (Å²) in [5.41, 5.74) is 0.455. The van der Waals surface area contributed by atoms with Gasteiger partial charge in [-0.2, -0.15) is 0 Å². The van der Waals surface area contributed by atoms with E-state index in [9.17, 15) is 23.2 Å². The van der Waals surface area contributed by atoms with Gasteiger partial charge in [0.2, 0.25) is 0 Å². The maximum absolute atomic E-state index is 14.5. The van der Waals surface area contributed by atoms with Crippen molar-refractivity contribution in [3.05, 3.63) is 70.8 Å². The quantitative estimate of drug-likeness (QED) is 0.637. The largest absolute Gasteiger partial charge is 0.467 e. The van der Waals surface area contributed by atoms with Gasteiger partial charge in [-0.1, -0.05) is 36.4 Å². The third-order valence-electron chi connectivity index (χ3n) is 7.40. The van der Waals surface area contributed by atoms with E-state index in [4.69, 9.17) is 4.74 Å². The molecule has 0 bridgehead atoms. The molecule has 1 N–H and O–H groups in total. The number of carbonyl (C=O) groups excluding carboxylic acids is 3. The number of amides is 3. The fraction of sp³-hybridized carbons (Fsp3) is 0.444. The summed E-state index contributed by atoms with van der Waals surface area (Å²) in [6.07, 6.45) is 2.34. The third-order valence-corrected chi connectivity index (χ3v) is 7.40. The molecule has 0 radical (unpaired) electrons. The van der Waals surface area contributed by atoms with Crippen molar-refractivity contribution in [1.29, 1.82) is 0 Å². The number of ether oxygens (including phenoxy) is 1. The summed E-state index contributed by atoms with van der Waals surface area (Å²) in [5, 5.41) is 2.81. The van der Waals surface area contributed by atoms with Crippen molar-refractivity contribution in [2.45, 2.75) is 38.6 Å². The number of esters is 1. The first-order valence-electron chi connectivity index (χ1n) is 12.1. The molecule has 0 aromatic heterocycles. The standard InChI is InChI=1S/C27H31F2N3O4/c1-18-8-9-20(28)22(23(18)29)24(33)31-13-10-27(11-14-31)12-15-32(17-27)26(35)30-21(25(34)36-2)16-19-6-4-3-5-7-19/h3-9,21H,10-17H2,1-2H3,(H,30,35). The van der Waals surface area contributed by atoms with Crippen LogP contribution >= 0.6 is 0 Å². The molecule has 2 aliphatic heterocycles. The maximum atomic E-state index is 14.5. The lowest BCUT2D eigenvalue weighted by atomic mass is 9.77. The number of urea groups is 1. The molecule has 36 heavy (non-hydrogen) atoms. The van der Waals surface area contributed by atoms with Crippen LogP contribution in [0, 0.1) is 24.0 Å². The first-order valence-corrected chi connectivity index (χ1v) is 12.1. The van der Waals surface area contributed by atoms with E-state index in [0.29, 0.717) is 45.4 Å². The minimum atomic E-state index is -0.859. The van der Waals surface area contributed by atoms with Crippen LogP contribution in [-0.4, -0.2) is 67.0 Å². The first kappa shape index (κ1) is 25.6. The number of nitrogens with zero attached hydrogens (tertiary/aromatic N) is 2.